The molecule has 2 aromatic carbocycles. The van der Waals surface area contributed by atoms with E-state index >= 15 is 0 Å². The van der Waals surface area contributed by atoms with Crippen molar-refractivity contribution in [2.45, 2.75) is 25.9 Å². The van der Waals surface area contributed by atoms with E-state index < -0.39 is 0 Å². The van der Waals surface area contributed by atoms with E-state index in [1.54, 1.807) is 0 Å². The molecule has 3 aromatic rings. The lowest BCUT2D eigenvalue weighted by molar-refractivity contribution is 0.360. The van der Waals surface area contributed by atoms with Gasteiger partial charge in [-0.3, -0.25) is 0 Å². The first-order valence-electron chi connectivity index (χ1n) is 7.56. The van der Waals surface area contributed by atoms with Crippen molar-refractivity contribution in [3.63, 3.8) is 0 Å². The van der Waals surface area contributed by atoms with Gasteiger partial charge in [0, 0.05) is 12.1 Å². The van der Waals surface area contributed by atoms with Crippen molar-refractivity contribution in [1.29, 1.82) is 0 Å². The van der Waals surface area contributed by atoms with Crippen LogP contribution in [0.3, 0.4) is 0 Å². The van der Waals surface area contributed by atoms with Gasteiger partial charge in [-0.1, -0.05) is 65.8 Å². The second-order valence-corrected chi connectivity index (χ2v) is 5.47. The Morgan fingerprint density at radius 3 is 2.32 bits per heavy atom. The average Bonchev–Trinajstić information content (AvgIpc) is 2.99. The molecule has 0 saturated carbocycles. The van der Waals surface area contributed by atoms with Crippen LogP contribution in [0.2, 0.25) is 0 Å². The van der Waals surface area contributed by atoms with E-state index in [0.717, 1.165) is 17.9 Å². The number of nitrogens with one attached hydrogen (secondary N) is 1. The van der Waals surface area contributed by atoms with E-state index in [9.17, 15) is 0 Å². The first kappa shape index (κ1) is 14.5. The summed E-state index contributed by atoms with van der Waals surface area (Å²) in [6.45, 7) is 2.61. The third-order valence-electron chi connectivity index (χ3n) is 3.68. The molecule has 1 heterocycles. The Hall–Kier alpha value is -2.39. The summed E-state index contributed by atoms with van der Waals surface area (Å²) in [5.41, 5.74) is 3.51. The molecule has 3 nitrogen and oxygen atoms in total. The Labute approximate surface area is 131 Å². The van der Waals surface area contributed by atoms with Crippen LogP contribution < -0.4 is 5.32 Å². The van der Waals surface area contributed by atoms with Gasteiger partial charge < -0.3 is 9.84 Å². The smallest absolute Gasteiger partial charge is 0.150 e. The molecule has 0 aliphatic heterocycles. The van der Waals surface area contributed by atoms with Gasteiger partial charge >= 0.3 is 0 Å². The van der Waals surface area contributed by atoms with Gasteiger partial charge in [-0.05, 0) is 24.5 Å². The molecule has 1 atom stereocenters. The lowest BCUT2D eigenvalue weighted by atomic mass is 9.99. The van der Waals surface area contributed by atoms with E-state index in [1.165, 1.54) is 11.1 Å². The molecule has 22 heavy (non-hydrogen) atoms. The van der Waals surface area contributed by atoms with Crippen molar-refractivity contribution in [3.05, 3.63) is 89.3 Å². The maximum atomic E-state index is 5.29. The Morgan fingerprint density at radius 2 is 1.68 bits per heavy atom. The van der Waals surface area contributed by atoms with E-state index in [4.69, 9.17) is 4.52 Å². The molecule has 1 unspecified atom stereocenters. The molecular weight excluding hydrogens is 272 g/mol. The highest BCUT2D eigenvalue weighted by Crippen LogP contribution is 2.19. The van der Waals surface area contributed by atoms with Crippen LogP contribution in [0.4, 0.5) is 0 Å². The molecule has 0 fully saturated rings. The van der Waals surface area contributed by atoms with Crippen LogP contribution in [-0.4, -0.2) is 5.16 Å². The summed E-state index contributed by atoms with van der Waals surface area (Å²) in [5, 5.41) is 7.52. The number of nitrogens with zero attached hydrogens (tertiary/aromatic N) is 1. The molecule has 112 valence electrons. The normalized spacial score (nSPS) is 12.2. The Bertz CT molecular complexity index is 692. The molecule has 0 amide bonds. The third kappa shape index (κ3) is 3.83. The lowest BCUT2D eigenvalue weighted by Gasteiger charge is -2.18. The molecule has 0 saturated heterocycles. The number of aryl methyl sites for hydroxylation is 1. The van der Waals surface area contributed by atoms with E-state index in [0.29, 0.717) is 6.54 Å². The lowest BCUT2D eigenvalue weighted by Crippen LogP contribution is -2.22. The van der Waals surface area contributed by atoms with Crippen molar-refractivity contribution in [3.8, 4) is 0 Å². The summed E-state index contributed by atoms with van der Waals surface area (Å²) in [7, 11) is 0. The van der Waals surface area contributed by atoms with Crippen molar-refractivity contribution in [1.82, 2.24) is 10.5 Å². The monoisotopic (exact) mass is 292 g/mol. The molecule has 1 N–H and O–H groups in total. The number of benzene rings is 2. The van der Waals surface area contributed by atoms with Gasteiger partial charge in [0.2, 0.25) is 0 Å². The number of aromatic nitrogens is 1. The van der Waals surface area contributed by atoms with Gasteiger partial charge in [-0.25, -0.2) is 0 Å². The third-order valence-corrected chi connectivity index (χ3v) is 3.68. The maximum absolute atomic E-state index is 5.29. The molecule has 1 aromatic heterocycles. The fourth-order valence-corrected chi connectivity index (χ4v) is 2.57. The van der Waals surface area contributed by atoms with Crippen LogP contribution in [0, 0.1) is 6.92 Å². The van der Waals surface area contributed by atoms with Crippen molar-refractivity contribution in [2.75, 3.05) is 0 Å². The summed E-state index contributed by atoms with van der Waals surface area (Å²) in [5.74, 6) is 0.867. The molecular formula is C19H20N2O. The van der Waals surface area contributed by atoms with Crippen molar-refractivity contribution >= 4 is 0 Å². The summed E-state index contributed by atoms with van der Waals surface area (Å²) in [6.07, 6.45) is 0.942. The number of hydrogen-bond donors (Lipinski definition) is 1. The summed E-state index contributed by atoms with van der Waals surface area (Å²) >= 11 is 0. The van der Waals surface area contributed by atoms with Crippen LogP contribution >= 0.6 is 0 Å². The zero-order valence-corrected chi connectivity index (χ0v) is 12.7. The van der Waals surface area contributed by atoms with Gasteiger partial charge in [-0.2, -0.15) is 0 Å². The SMILES string of the molecule is Cc1cc(CNC(Cc2ccccc2)c2ccccc2)on1. The molecule has 3 heteroatoms. The topological polar surface area (TPSA) is 38.1 Å². The van der Waals surface area contributed by atoms with E-state index in [-0.39, 0.29) is 6.04 Å². The van der Waals surface area contributed by atoms with Gasteiger partial charge in [0.1, 0.15) is 0 Å². The van der Waals surface area contributed by atoms with Gasteiger partial charge in [0.25, 0.3) is 0 Å². The number of rotatable bonds is 6. The highest BCUT2D eigenvalue weighted by Gasteiger charge is 2.12. The van der Waals surface area contributed by atoms with E-state index in [2.05, 4.69) is 59.0 Å². The van der Waals surface area contributed by atoms with Crippen LogP contribution in [0.25, 0.3) is 0 Å². The number of hydrogen-bond acceptors (Lipinski definition) is 3. The fourth-order valence-electron chi connectivity index (χ4n) is 2.57. The quantitative estimate of drug-likeness (QED) is 0.744. The minimum atomic E-state index is 0.244. The zero-order valence-electron chi connectivity index (χ0n) is 12.7. The summed E-state index contributed by atoms with van der Waals surface area (Å²) in [4.78, 5) is 0. The first-order chi connectivity index (χ1) is 10.8. The van der Waals surface area contributed by atoms with Crippen LogP contribution in [0.5, 0.6) is 0 Å². The van der Waals surface area contributed by atoms with Crippen molar-refractivity contribution in [2.24, 2.45) is 0 Å². The highest BCUT2D eigenvalue weighted by atomic mass is 16.5. The average molecular weight is 292 g/mol. The van der Waals surface area contributed by atoms with Crippen LogP contribution in [0.15, 0.2) is 71.3 Å². The second-order valence-electron chi connectivity index (χ2n) is 5.47. The standard InChI is InChI=1S/C19H20N2O/c1-15-12-18(22-21-15)14-20-19(17-10-6-3-7-11-17)13-16-8-4-2-5-9-16/h2-12,19-20H,13-14H2,1H3. The Kier molecular flexibility index (Phi) is 4.66. The summed E-state index contributed by atoms with van der Waals surface area (Å²) < 4.78 is 5.29. The second kappa shape index (κ2) is 7.05. The molecule has 0 aliphatic carbocycles. The largest absolute Gasteiger partial charge is 0.360 e. The molecule has 3 rings (SSSR count). The molecule has 0 spiro atoms. The minimum absolute atomic E-state index is 0.244. The molecule has 0 bridgehead atoms. The maximum Gasteiger partial charge on any atom is 0.150 e. The van der Waals surface area contributed by atoms with Crippen molar-refractivity contribution < 1.29 is 4.52 Å². The van der Waals surface area contributed by atoms with Crippen LogP contribution in [-0.2, 0) is 13.0 Å². The van der Waals surface area contributed by atoms with Crippen LogP contribution in [0.1, 0.15) is 28.6 Å². The predicted molar refractivity (Wildman–Crippen MR) is 87.4 cm³/mol. The van der Waals surface area contributed by atoms with Gasteiger partial charge in [-0.15, -0.1) is 0 Å². The fraction of sp³-hybridized carbons (Fsp3) is 0.211. The first-order valence-corrected chi connectivity index (χ1v) is 7.56. The summed E-state index contributed by atoms with van der Waals surface area (Å²) in [6, 6.07) is 23.3. The molecule has 0 aliphatic rings. The van der Waals surface area contributed by atoms with Gasteiger partial charge in [0.05, 0.1) is 12.2 Å². The van der Waals surface area contributed by atoms with Gasteiger partial charge in [0.15, 0.2) is 5.76 Å². The highest BCUT2D eigenvalue weighted by molar-refractivity contribution is 5.24. The minimum Gasteiger partial charge on any atom is -0.360 e. The Morgan fingerprint density at radius 1 is 1.00 bits per heavy atom. The van der Waals surface area contributed by atoms with E-state index in [1.807, 2.05) is 25.1 Å². The predicted octanol–water partition coefficient (Wildman–Crippen LogP) is 4.06. The molecule has 0 radical (unpaired) electrons. The Balaban J connectivity index is 1.74. The zero-order chi connectivity index (χ0) is 15.2.